The fraction of sp³-hybridized carbons (Fsp3) is 0.529. The van der Waals surface area contributed by atoms with Gasteiger partial charge in [-0.3, -0.25) is 0 Å². The van der Waals surface area contributed by atoms with Crippen LogP contribution in [0.15, 0.2) is 23.3 Å². The van der Waals surface area contributed by atoms with Crippen molar-refractivity contribution < 1.29 is 9.84 Å². The second-order valence-corrected chi connectivity index (χ2v) is 6.53. The number of hydrogen-bond acceptors (Lipinski definition) is 2. The lowest BCUT2D eigenvalue weighted by atomic mass is 9.69. The minimum Gasteiger partial charge on any atom is -0.507 e. The number of rotatable bonds is 0. The SMILES string of the molecule is CC(C)=C1CC[C@]2(C)C[C@H]1c1c(O)cc(C)cc1O2. The fourth-order valence-electron chi connectivity index (χ4n) is 3.64. The van der Waals surface area contributed by atoms with E-state index in [9.17, 15) is 5.11 Å². The number of hydrogen-bond donors (Lipinski definition) is 1. The molecule has 0 radical (unpaired) electrons. The van der Waals surface area contributed by atoms with Crippen molar-refractivity contribution in [3.8, 4) is 11.5 Å². The second kappa shape index (κ2) is 4.03. The lowest BCUT2D eigenvalue weighted by Gasteiger charge is -2.46. The molecule has 0 amide bonds. The molecule has 1 aliphatic heterocycles. The van der Waals surface area contributed by atoms with E-state index in [1.54, 1.807) is 0 Å². The lowest BCUT2D eigenvalue weighted by molar-refractivity contribution is 0.0346. The van der Waals surface area contributed by atoms with E-state index in [4.69, 9.17) is 4.74 Å². The second-order valence-electron chi connectivity index (χ2n) is 6.53. The first-order valence-electron chi connectivity index (χ1n) is 7.08. The molecule has 102 valence electrons. The van der Waals surface area contributed by atoms with Gasteiger partial charge in [0.25, 0.3) is 0 Å². The Morgan fingerprint density at radius 1 is 1.37 bits per heavy atom. The zero-order valence-corrected chi connectivity index (χ0v) is 12.2. The van der Waals surface area contributed by atoms with Crippen molar-refractivity contribution in [3.63, 3.8) is 0 Å². The zero-order chi connectivity index (χ0) is 13.8. The summed E-state index contributed by atoms with van der Waals surface area (Å²) in [5, 5.41) is 10.3. The standard InChI is InChI=1S/C17H22O2/c1-10(2)12-5-6-17(4)9-13(12)16-14(18)7-11(3)8-15(16)19-17/h7-8,13,18H,5-6,9H2,1-4H3/t13-,17-/m1/s1. The maximum atomic E-state index is 10.3. The number of aryl methyl sites for hydroxylation is 1. The molecule has 19 heavy (non-hydrogen) atoms. The summed E-state index contributed by atoms with van der Waals surface area (Å²) in [4.78, 5) is 0. The highest BCUT2D eigenvalue weighted by atomic mass is 16.5. The van der Waals surface area contributed by atoms with Crippen LogP contribution < -0.4 is 4.74 Å². The highest BCUT2D eigenvalue weighted by molar-refractivity contribution is 5.54. The monoisotopic (exact) mass is 258 g/mol. The minimum atomic E-state index is -0.0726. The quantitative estimate of drug-likeness (QED) is 0.696. The highest BCUT2D eigenvalue weighted by Gasteiger charge is 2.44. The molecule has 0 unspecified atom stereocenters. The van der Waals surface area contributed by atoms with Crippen molar-refractivity contribution in [1.82, 2.24) is 0 Å². The smallest absolute Gasteiger partial charge is 0.127 e. The van der Waals surface area contributed by atoms with E-state index in [1.807, 2.05) is 13.0 Å². The van der Waals surface area contributed by atoms with Crippen LogP contribution in [0, 0.1) is 6.92 Å². The first kappa shape index (κ1) is 12.6. The average molecular weight is 258 g/mol. The van der Waals surface area contributed by atoms with Gasteiger partial charge in [-0.25, -0.2) is 0 Å². The highest BCUT2D eigenvalue weighted by Crippen LogP contribution is 2.54. The van der Waals surface area contributed by atoms with E-state index in [1.165, 1.54) is 11.1 Å². The molecule has 1 fully saturated rings. The van der Waals surface area contributed by atoms with E-state index < -0.39 is 0 Å². The van der Waals surface area contributed by atoms with Crippen LogP contribution in [-0.2, 0) is 0 Å². The molecule has 1 heterocycles. The topological polar surface area (TPSA) is 29.5 Å². The van der Waals surface area contributed by atoms with Crippen molar-refractivity contribution in [3.05, 3.63) is 34.4 Å². The minimum absolute atomic E-state index is 0.0726. The summed E-state index contributed by atoms with van der Waals surface area (Å²) in [6.45, 7) is 8.55. The van der Waals surface area contributed by atoms with E-state index in [0.29, 0.717) is 11.7 Å². The average Bonchev–Trinajstić information content (AvgIpc) is 2.25. The van der Waals surface area contributed by atoms with Crippen molar-refractivity contribution in [2.24, 2.45) is 0 Å². The van der Waals surface area contributed by atoms with Crippen LogP contribution in [-0.4, -0.2) is 10.7 Å². The van der Waals surface area contributed by atoms with E-state index in [0.717, 1.165) is 36.1 Å². The first-order chi connectivity index (χ1) is 8.89. The molecule has 1 saturated carbocycles. The maximum Gasteiger partial charge on any atom is 0.127 e. The number of fused-ring (bicyclic) bond motifs is 4. The number of aromatic hydroxyl groups is 1. The summed E-state index contributed by atoms with van der Waals surface area (Å²) in [7, 11) is 0. The molecule has 2 atom stereocenters. The van der Waals surface area contributed by atoms with Crippen LogP contribution in [0.1, 0.15) is 57.1 Å². The predicted molar refractivity (Wildman–Crippen MR) is 76.8 cm³/mol. The van der Waals surface area contributed by atoms with E-state index >= 15 is 0 Å². The Hall–Kier alpha value is -1.44. The molecule has 0 saturated heterocycles. The van der Waals surface area contributed by atoms with Crippen LogP contribution in [0.4, 0.5) is 0 Å². The number of ether oxygens (including phenoxy) is 1. The number of phenolic OH excluding ortho intramolecular Hbond substituents is 1. The molecular formula is C17H22O2. The normalized spacial score (nSPS) is 28.6. The Bertz CT molecular complexity index is 567. The van der Waals surface area contributed by atoms with Gasteiger partial charge in [-0.2, -0.15) is 0 Å². The predicted octanol–water partition coefficient (Wildman–Crippen LogP) is 4.46. The Labute approximate surface area is 115 Å². The van der Waals surface area contributed by atoms with Crippen molar-refractivity contribution in [2.45, 2.75) is 58.5 Å². The molecule has 2 heteroatoms. The van der Waals surface area contributed by atoms with Gasteiger partial charge < -0.3 is 9.84 Å². The third kappa shape index (κ3) is 1.94. The molecule has 2 bridgehead atoms. The van der Waals surface area contributed by atoms with Gasteiger partial charge in [-0.05, 0) is 64.7 Å². The molecule has 2 nitrogen and oxygen atoms in total. The Morgan fingerprint density at radius 3 is 2.79 bits per heavy atom. The number of phenols is 1. The third-order valence-corrected chi connectivity index (χ3v) is 4.59. The summed E-state index contributed by atoms with van der Waals surface area (Å²) in [5.74, 6) is 1.60. The van der Waals surface area contributed by atoms with Crippen LogP contribution in [0.3, 0.4) is 0 Å². The van der Waals surface area contributed by atoms with Gasteiger partial charge in [0.1, 0.15) is 17.1 Å². The van der Waals surface area contributed by atoms with Gasteiger partial charge in [0.2, 0.25) is 0 Å². The van der Waals surface area contributed by atoms with E-state index in [2.05, 4.69) is 26.8 Å². The van der Waals surface area contributed by atoms with Crippen LogP contribution in [0.25, 0.3) is 0 Å². The Balaban J connectivity index is 2.21. The van der Waals surface area contributed by atoms with Crippen LogP contribution >= 0.6 is 0 Å². The van der Waals surface area contributed by atoms with Gasteiger partial charge in [0.15, 0.2) is 0 Å². The molecule has 1 N–H and O–H groups in total. The van der Waals surface area contributed by atoms with Gasteiger partial charge in [-0.1, -0.05) is 11.1 Å². The molecular weight excluding hydrogens is 236 g/mol. The number of benzene rings is 1. The molecule has 0 aromatic heterocycles. The Morgan fingerprint density at radius 2 is 2.11 bits per heavy atom. The number of allylic oxidation sites excluding steroid dienone is 2. The molecule has 0 spiro atoms. The largest absolute Gasteiger partial charge is 0.507 e. The summed E-state index contributed by atoms with van der Waals surface area (Å²) >= 11 is 0. The van der Waals surface area contributed by atoms with Crippen LogP contribution in [0.2, 0.25) is 0 Å². The van der Waals surface area contributed by atoms with Crippen LogP contribution in [0.5, 0.6) is 11.5 Å². The van der Waals surface area contributed by atoms with Crippen molar-refractivity contribution in [1.29, 1.82) is 0 Å². The molecule has 1 aromatic carbocycles. The lowest BCUT2D eigenvalue weighted by Crippen LogP contribution is -2.42. The van der Waals surface area contributed by atoms with Gasteiger partial charge >= 0.3 is 0 Å². The fourth-order valence-corrected chi connectivity index (χ4v) is 3.64. The Kier molecular flexibility index (Phi) is 2.67. The van der Waals surface area contributed by atoms with Gasteiger partial charge in [0, 0.05) is 11.5 Å². The maximum absolute atomic E-state index is 10.3. The summed E-state index contributed by atoms with van der Waals surface area (Å²) in [6.07, 6.45) is 3.13. The summed E-state index contributed by atoms with van der Waals surface area (Å²) in [5.41, 5.74) is 4.86. The third-order valence-electron chi connectivity index (χ3n) is 4.59. The zero-order valence-electron chi connectivity index (χ0n) is 12.2. The summed E-state index contributed by atoms with van der Waals surface area (Å²) in [6, 6.07) is 3.91. The summed E-state index contributed by atoms with van der Waals surface area (Å²) < 4.78 is 6.20. The van der Waals surface area contributed by atoms with Crippen molar-refractivity contribution in [2.75, 3.05) is 0 Å². The molecule has 2 aliphatic rings. The molecule has 1 aliphatic carbocycles. The van der Waals surface area contributed by atoms with Gasteiger partial charge in [-0.15, -0.1) is 0 Å². The van der Waals surface area contributed by atoms with Crippen molar-refractivity contribution >= 4 is 0 Å². The molecule has 1 aromatic rings. The first-order valence-corrected chi connectivity index (χ1v) is 7.08. The molecule has 3 rings (SSSR count). The van der Waals surface area contributed by atoms with E-state index in [-0.39, 0.29) is 5.60 Å². The van der Waals surface area contributed by atoms with Gasteiger partial charge in [0.05, 0.1) is 0 Å².